The van der Waals surface area contributed by atoms with Gasteiger partial charge in [0.15, 0.2) is 19.0 Å². The van der Waals surface area contributed by atoms with E-state index in [2.05, 4.69) is 19.2 Å². The second-order valence-electron chi connectivity index (χ2n) is 8.29. The first-order chi connectivity index (χ1) is 15.8. The minimum absolute atomic E-state index is 0.0303. The Morgan fingerprint density at radius 2 is 2.00 bits per heavy atom. The highest BCUT2D eigenvalue weighted by Crippen LogP contribution is 2.33. The predicted molar refractivity (Wildman–Crippen MR) is 127 cm³/mol. The zero-order valence-corrected chi connectivity index (χ0v) is 19.7. The van der Waals surface area contributed by atoms with E-state index in [1.807, 2.05) is 0 Å². The number of hydrogen-bond donors (Lipinski definition) is 1. The Hall–Kier alpha value is -3.06. The van der Waals surface area contributed by atoms with Crippen molar-refractivity contribution in [3.63, 3.8) is 0 Å². The zero-order valence-electron chi connectivity index (χ0n) is 18.9. The third kappa shape index (κ3) is 6.96. The SMILES string of the molecule is CC(C)CCNC(=O)CCCN1C(=O)COc2ccc(C(=O)COc3ccccc3Cl)cc21. The summed E-state index contributed by atoms with van der Waals surface area (Å²) in [5, 5.41) is 3.33. The molecular weight excluding hydrogens is 444 g/mol. The van der Waals surface area contributed by atoms with Crippen molar-refractivity contribution in [2.45, 2.75) is 33.1 Å². The second kappa shape index (κ2) is 11.7. The standard InChI is InChI=1S/C25H29ClN2O5/c1-17(2)11-12-27-24(30)8-5-13-28-20-14-18(9-10-23(20)33-16-25(28)31)21(29)15-32-22-7-4-3-6-19(22)26/h3-4,6-7,9-10,14,17H,5,8,11-13,15-16H2,1-2H3,(H,27,30). The molecular formula is C25H29ClN2O5. The molecule has 2 aromatic carbocycles. The number of halogens is 1. The number of carbonyl (C=O) groups is 3. The highest BCUT2D eigenvalue weighted by Gasteiger charge is 2.26. The molecule has 0 unspecified atom stereocenters. The molecule has 0 radical (unpaired) electrons. The van der Waals surface area contributed by atoms with Crippen LogP contribution in [-0.4, -0.2) is 43.9 Å². The van der Waals surface area contributed by atoms with Crippen LogP contribution in [0.25, 0.3) is 0 Å². The van der Waals surface area contributed by atoms with Crippen LogP contribution in [0.5, 0.6) is 11.5 Å². The molecule has 3 rings (SSSR count). The minimum Gasteiger partial charge on any atom is -0.484 e. The average molecular weight is 473 g/mol. The summed E-state index contributed by atoms with van der Waals surface area (Å²) in [6.45, 7) is 4.97. The molecule has 7 nitrogen and oxygen atoms in total. The van der Waals surface area contributed by atoms with Crippen molar-refractivity contribution < 1.29 is 23.9 Å². The Bertz CT molecular complexity index is 1010. The van der Waals surface area contributed by atoms with Crippen LogP contribution in [0.2, 0.25) is 5.02 Å². The molecule has 0 bridgehead atoms. The van der Waals surface area contributed by atoms with E-state index in [0.717, 1.165) is 6.42 Å². The summed E-state index contributed by atoms with van der Waals surface area (Å²) in [4.78, 5) is 38.8. The lowest BCUT2D eigenvalue weighted by molar-refractivity contribution is -0.122. The van der Waals surface area contributed by atoms with E-state index in [0.29, 0.717) is 59.6 Å². The van der Waals surface area contributed by atoms with Crippen LogP contribution in [0.4, 0.5) is 5.69 Å². The van der Waals surface area contributed by atoms with Gasteiger partial charge in [-0.2, -0.15) is 0 Å². The molecule has 2 aromatic rings. The normalized spacial score (nSPS) is 12.8. The predicted octanol–water partition coefficient (Wildman–Crippen LogP) is 4.27. The number of ketones is 1. The lowest BCUT2D eigenvalue weighted by atomic mass is 10.1. The van der Waals surface area contributed by atoms with Gasteiger partial charge in [-0.15, -0.1) is 0 Å². The first-order valence-electron chi connectivity index (χ1n) is 11.1. The molecule has 1 heterocycles. The molecule has 0 fully saturated rings. The monoisotopic (exact) mass is 472 g/mol. The molecule has 8 heteroatoms. The van der Waals surface area contributed by atoms with E-state index in [1.54, 1.807) is 47.4 Å². The average Bonchev–Trinajstić information content (AvgIpc) is 2.79. The zero-order chi connectivity index (χ0) is 23.8. The lowest BCUT2D eigenvalue weighted by Gasteiger charge is -2.29. The molecule has 0 saturated carbocycles. The Labute approximate surface area is 199 Å². The Morgan fingerprint density at radius 3 is 2.76 bits per heavy atom. The van der Waals surface area contributed by atoms with Gasteiger partial charge in [-0.05, 0) is 49.1 Å². The third-order valence-corrected chi connectivity index (χ3v) is 5.56. The largest absolute Gasteiger partial charge is 0.484 e. The van der Waals surface area contributed by atoms with Gasteiger partial charge in [-0.25, -0.2) is 0 Å². The van der Waals surface area contributed by atoms with E-state index in [1.165, 1.54) is 0 Å². The van der Waals surface area contributed by atoms with Crippen molar-refractivity contribution in [3.8, 4) is 11.5 Å². The van der Waals surface area contributed by atoms with Crippen LogP contribution in [0.3, 0.4) is 0 Å². The van der Waals surface area contributed by atoms with E-state index >= 15 is 0 Å². The number of rotatable bonds is 11. The number of anilines is 1. The van der Waals surface area contributed by atoms with Crippen LogP contribution in [0, 0.1) is 5.92 Å². The molecule has 0 saturated heterocycles. The summed E-state index contributed by atoms with van der Waals surface area (Å²) in [7, 11) is 0. The molecule has 0 aliphatic carbocycles. The van der Waals surface area contributed by atoms with Crippen LogP contribution in [0.1, 0.15) is 43.5 Å². The molecule has 33 heavy (non-hydrogen) atoms. The van der Waals surface area contributed by atoms with Crippen LogP contribution < -0.4 is 19.7 Å². The molecule has 1 aliphatic rings. The number of amides is 2. The molecule has 1 N–H and O–H groups in total. The van der Waals surface area contributed by atoms with Gasteiger partial charge in [-0.3, -0.25) is 14.4 Å². The van der Waals surface area contributed by atoms with Gasteiger partial charge in [0, 0.05) is 25.1 Å². The van der Waals surface area contributed by atoms with Gasteiger partial charge >= 0.3 is 0 Å². The number of benzene rings is 2. The molecule has 2 amide bonds. The first kappa shape index (κ1) is 24.6. The summed E-state index contributed by atoms with van der Waals surface area (Å²) in [5.74, 6) is 0.994. The fourth-order valence-electron chi connectivity index (χ4n) is 3.40. The van der Waals surface area contributed by atoms with Crippen molar-refractivity contribution in [1.29, 1.82) is 0 Å². The number of Topliss-reactive ketones (excluding diaryl/α,β-unsaturated/α-hetero) is 1. The fraction of sp³-hybridized carbons (Fsp3) is 0.400. The molecule has 0 spiro atoms. The fourth-order valence-corrected chi connectivity index (χ4v) is 3.59. The van der Waals surface area contributed by atoms with E-state index < -0.39 is 0 Å². The second-order valence-corrected chi connectivity index (χ2v) is 8.70. The van der Waals surface area contributed by atoms with Crippen LogP contribution in [0.15, 0.2) is 42.5 Å². The van der Waals surface area contributed by atoms with Gasteiger partial charge in [0.05, 0.1) is 10.7 Å². The van der Waals surface area contributed by atoms with E-state index in [4.69, 9.17) is 21.1 Å². The highest BCUT2D eigenvalue weighted by atomic mass is 35.5. The summed E-state index contributed by atoms with van der Waals surface area (Å²) in [6, 6.07) is 11.9. The van der Waals surface area contributed by atoms with Gasteiger partial charge in [0.25, 0.3) is 5.91 Å². The smallest absolute Gasteiger partial charge is 0.265 e. The summed E-state index contributed by atoms with van der Waals surface area (Å²) >= 11 is 6.07. The molecule has 1 aliphatic heterocycles. The van der Waals surface area contributed by atoms with Gasteiger partial charge < -0.3 is 19.7 Å². The van der Waals surface area contributed by atoms with Crippen LogP contribution in [-0.2, 0) is 9.59 Å². The lowest BCUT2D eigenvalue weighted by Crippen LogP contribution is -2.40. The van der Waals surface area contributed by atoms with Crippen LogP contribution >= 0.6 is 11.6 Å². The maximum Gasteiger partial charge on any atom is 0.265 e. The van der Waals surface area contributed by atoms with Crippen molar-refractivity contribution in [3.05, 3.63) is 53.1 Å². The Balaban J connectivity index is 1.61. The maximum absolute atomic E-state index is 12.7. The number of fused-ring (bicyclic) bond motifs is 1. The maximum atomic E-state index is 12.7. The quantitative estimate of drug-likeness (QED) is 0.494. The number of nitrogens with one attached hydrogen (secondary N) is 1. The number of ether oxygens (including phenoxy) is 2. The Kier molecular flexibility index (Phi) is 8.72. The van der Waals surface area contributed by atoms with E-state index in [9.17, 15) is 14.4 Å². The third-order valence-electron chi connectivity index (χ3n) is 5.25. The van der Waals surface area contributed by atoms with Gasteiger partial charge in [-0.1, -0.05) is 37.6 Å². The molecule has 0 aromatic heterocycles. The van der Waals surface area contributed by atoms with Crippen molar-refractivity contribution in [1.82, 2.24) is 5.32 Å². The topological polar surface area (TPSA) is 84.9 Å². The van der Waals surface area contributed by atoms with Crippen molar-refractivity contribution in [2.24, 2.45) is 5.92 Å². The first-order valence-corrected chi connectivity index (χ1v) is 11.5. The summed E-state index contributed by atoms with van der Waals surface area (Å²) < 4.78 is 11.1. The van der Waals surface area contributed by atoms with E-state index in [-0.39, 0.29) is 30.8 Å². The number of nitrogens with zero attached hydrogens (tertiary/aromatic N) is 1. The Morgan fingerprint density at radius 1 is 1.21 bits per heavy atom. The van der Waals surface area contributed by atoms with Gasteiger partial charge in [0.1, 0.15) is 11.5 Å². The van der Waals surface area contributed by atoms with Gasteiger partial charge in [0.2, 0.25) is 5.91 Å². The number of carbonyl (C=O) groups excluding carboxylic acids is 3. The minimum atomic E-state index is -0.250. The number of hydrogen-bond acceptors (Lipinski definition) is 5. The number of para-hydroxylation sites is 1. The summed E-state index contributed by atoms with van der Waals surface area (Å²) in [6.07, 6.45) is 1.76. The van der Waals surface area contributed by atoms with Crippen molar-refractivity contribution in [2.75, 3.05) is 31.2 Å². The molecule has 0 atom stereocenters. The summed E-state index contributed by atoms with van der Waals surface area (Å²) in [5.41, 5.74) is 0.922. The van der Waals surface area contributed by atoms with Crippen molar-refractivity contribution >= 4 is 34.9 Å². The molecule has 176 valence electrons. The highest BCUT2D eigenvalue weighted by molar-refractivity contribution is 6.32.